The quantitative estimate of drug-likeness (QED) is 0.573. The number of benzene rings is 2. The summed E-state index contributed by atoms with van der Waals surface area (Å²) in [5, 5.41) is 13.2. The van der Waals surface area contributed by atoms with Gasteiger partial charge in [0, 0.05) is 12.3 Å². The van der Waals surface area contributed by atoms with Crippen molar-refractivity contribution in [1.29, 1.82) is 0 Å². The standard InChI is InChI=1S/C22H23N3O4/c1-14(15-6-4-3-5-7-15)25-19(26)12-18(16-8-10-17(29-2)11-9-16)20-21(27)23-13-24-22(20)28/h3-11,13-14,18H,12H2,1-2H3,(H,25,26)(H2,23,24,27,28)/t14-,18?/m1/s1. The average Bonchev–Trinajstić information content (AvgIpc) is 2.73. The summed E-state index contributed by atoms with van der Waals surface area (Å²) in [7, 11) is 1.56. The first-order valence-electron chi connectivity index (χ1n) is 9.24. The Balaban J connectivity index is 1.88. The van der Waals surface area contributed by atoms with Gasteiger partial charge in [-0.25, -0.2) is 4.98 Å². The highest BCUT2D eigenvalue weighted by atomic mass is 16.5. The van der Waals surface area contributed by atoms with E-state index in [4.69, 9.17) is 4.74 Å². The molecule has 1 heterocycles. The van der Waals surface area contributed by atoms with Gasteiger partial charge in [-0.3, -0.25) is 9.59 Å². The molecule has 2 aromatic carbocycles. The Hall–Kier alpha value is -3.61. The molecular weight excluding hydrogens is 370 g/mol. The molecule has 0 fully saturated rings. The molecule has 0 saturated carbocycles. The molecule has 3 rings (SSSR count). The number of hydrogen-bond donors (Lipinski definition) is 3. The minimum atomic E-state index is -0.665. The fourth-order valence-corrected chi connectivity index (χ4v) is 3.25. The van der Waals surface area contributed by atoms with Crippen molar-refractivity contribution >= 4 is 5.91 Å². The number of methoxy groups -OCH3 is 1. The third kappa shape index (κ3) is 4.82. The van der Waals surface area contributed by atoms with Crippen molar-refractivity contribution in [2.45, 2.75) is 25.3 Å². The topological polar surface area (TPSA) is 104 Å². The number of aromatic amines is 1. The van der Waals surface area contributed by atoms with Gasteiger partial charge >= 0.3 is 0 Å². The Morgan fingerprint density at radius 2 is 1.83 bits per heavy atom. The summed E-state index contributed by atoms with van der Waals surface area (Å²) in [6.07, 6.45) is 1.11. The van der Waals surface area contributed by atoms with E-state index in [9.17, 15) is 14.7 Å². The zero-order chi connectivity index (χ0) is 20.8. The highest BCUT2D eigenvalue weighted by molar-refractivity contribution is 5.78. The second-order valence-electron chi connectivity index (χ2n) is 6.70. The number of ether oxygens (including phenoxy) is 1. The van der Waals surface area contributed by atoms with Crippen LogP contribution < -0.4 is 15.6 Å². The molecule has 3 aromatic rings. The molecule has 0 saturated heterocycles. The Morgan fingerprint density at radius 3 is 2.45 bits per heavy atom. The summed E-state index contributed by atoms with van der Waals surface area (Å²) < 4.78 is 5.18. The Morgan fingerprint density at radius 1 is 1.14 bits per heavy atom. The number of amides is 1. The molecule has 1 unspecified atom stereocenters. The summed E-state index contributed by atoms with van der Waals surface area (Å²) in [4.78, 5) is 31.4. The van der Waals surface area contributed by atoms with Gasteiger partial charge in [0.1, 0.15) is 5.75 Å². The zero-order valence-electron chi connectivity index (χ0n) is 16.3. The molecule has 0 bridgehead atoms. The molecule has 1 amide bonds. The van der Waals surface area contributed by atoms with E-state index in [1.54, 1.807) is 31.4 Å². The lowest BCUT2D eigenvalue weighted by molar-refractivity contribution is -0.121. The normalized spacial score (nSPS) is 12.8. The smallest absolute Gasteiger partial charge is 0.258 e. The minimum Gasteiger partial charge on any atom is -0.497 e. The maximum Gasteiger partial charge on any atom is 0.258 e. The highest BCUT2D eigenvalue weighted by Gasteiger charge is 2.25. The van der Waals surface area contributed by atoms with Crippen molar-refractivity contribution in [3.05, 3.63) is 88.0 Å². The number of carbonyl (C=O) groups excluding carboxylic acids is 1. The fourth-order valence-electron chi connectivity index (χ4n) is 3.25. The first-order chi connectivity index (χ1) is 14.0. The van der Waals surface area contributed by atoms with Gasteiger partial charge in [-0.15, -0.1) is 0 Å². The number of rotatable bonds is 7. The van der Waals surface area contributed by atoms with Gasteiger partial charge in [0.15, 0.2) is 0 Å². The Bertz CT molecular complexity index is 1020. The van der Waals surface area contributed by atoms with Gasteiger partial charge in [0.05, 0.1) is 25.0 Å². The second kappa shape index (κ2) is 9.05. The van der Waals surface area contributed by atoms with Crippen LogP contribution in [0.2, 0.25) is 0 Å². The molecule has 0 aliphatic rings. The molecule has 29 heavy (non-hydrogen) atoms. The molecule has 7 nitrogen and oxygen atoms in total. The van der Waals surface area contributed by atoms with Crippen molar-refractivity contribution in [3.63, 3.8) is 0 Å². The van der Waals surface area contributed by atoms with Crippen molar-refractivity contribution in [2.75, 3.05) is 7.11 Å². The lowest BCUT2D eigenvalue weighted by Crippen LogP contribution is -2.29. The van der Waals surface area contributed by atoms with E-state index in [2.05, 4.69) is 15.3 Å². The molecule has 7 heteroatoms. The summed E-state index contributed by atoms with van der Waals surface area (Å²) in [5.41, 5.74) is 1.24. The second-order valence-corrected chi connectivity index (χ2v) is 6.70. The third-order valence-corrected chi connectivity index (χ3v) is 4.80. The lowest BCUT2D eigenvalue weighted by Gasteiger charge is -2.20. The van der Waals surface area contributed by atoms with Crippen molar-refractivity contribution in [3.8, 4) is 11.6 Å². The summed E-state index contributed by atoms with van der Waals surface area (Å²) in [6, 6.07) is 16.4. The predicted octanol–water partition coefficient (Wildman–Crippen LogP) is 2.88. The molecule has 0 spiro atoms. The maximum absolute atomic E-state index is 12.8. The van der Waals surface area contributed by atoms with E-state index < -0.39 is 17.4 Å². The molecule has 150 valence electrons. The van der Waals surface area contributed by atoms with Gasteiger partial charge < -0.3 is 20.1 Å². The van der Waals surface area contributed by atoms with Gasteiger partial charge in [0.25, 0.3) is 5.56 Å². The monoisotopic (exact) mass is 393 g/mol. The van der Waals surface area contributed by atoms with Crippen LogP contribution in [0.15, 0.2) is 65.7 Å². The first kappa shape index (κ1) is 20.1. The predicted molar refractivity (Wildman–Crippen MR) is 109 cm³/mol. The van der Waals surface area contributed by atoms with Crippen LogP contribution in [0.3, 0.4) is 0 Å². The molecule has 3 N–H and O–H groups in total. The van der Waals surface area contributed by atoms with Gasteiger partial charge in [-0.1, -0.05) is 42.5 Å². The molecule has 1 aromatic heterocycles. The van der Waals surface area contributed by atoms with Gasteiger partial charge in [-0.05, 0) is 30.2 Å². The number of aromatic hydroxyl groups is 1. The zero-order valence-corrected chi connectivity index (χ0v) is 16.3. The molecule has 0 radical (unpaired) electrons. The Labute approximate surface area is 168 Å². The van der Waals surface area contributed by atoms with E-state index in [0.717, 1.165) is 11.9 Å². The first-order valence-corrected chi connectivity index (χ1v) is 9.24. The third-order valence-electron chi connectivity index (χ3n) is 4.80. The number of carbonyl (C=O) groups is 1. The lowest BCUT2D eigenvalue weighted by atomic mass is 9.89. The highest BCUT2D eigenvalue weighted by Crippen LogP contribution is 2.31. The molecule has 2 atom stereocenters. The SMILES string of the molecule is COc1ccc(C(CC(=O)N[C@H](C)c2ccccc2)c2c(O)nc[nH]c2=O)cc1. The van der Waals surface area contributed by atoms with E-state index in [1.165, 1.54) is 0 Å². The van der Waals surface area contributed by atoms with E-state index in [0.29, 0.717) is 11.3 Å². The van der Waals surface area contributed by atoms with E-state index in [-0.39, 0.29) is 23.9 Å². The van der Waals surface area contributed by atoms with Crippen molar-refractivity contribution in [1.82, 2.24) is 15.3 Å². The van der Waals surface area contributed by atoms with Gasteiger partial charge in [-0.2, -0.15) is 0 Å². The average molecular weight is 393 g/mol. The van der Waals surface area contributed by atoms with Crippen LogP contribution in [0.5, 0.6) is 11.6 Å². The van der Waals surface area contributed by atoms with E-state index >= 15 is 0 Å². The summed E-state index contributed by atoms with van der Waals surface area (Å²) in [5.74, 6) is -0.649. The summed E-state index contributed by atoms with van der Waals surface area (Å²) >= 11 is 0. The van der Waals surface area contributed by atoms with Gasteiger partial charge in [0.2, 0.25) is 11.8 Å². The number of H-pyrrole nitrogens is 1. The minimum absolute atomic E-state index is 0.0220. The van der Waals surface area contributed by atoms with Crippen molar-refractivity contribution < 1.29 is 14.6 Å². The largest absolute Gasteiger partial charge is 0.497 e. The van der Waals surface area contributed by atoms with Crippen LogP contribution in [0.25, 0.3) is 0 Å². The molecule has 0 aliphatic heterocycles. The van der Waals surface area contributed by atoms with Crippen LogP contribution in [0.4, 0.5) is 0 Å². The van der Waals surface area contributed by atoms with Crippen molar-refractivity contribution in [2.24, 2.45) is 0 Å². The van der Waals surface area contributed by atoms with Crippen LogP contribution in [0, 0.1) is 0 Å². The maximum atomic E-state index is 12.8. The number of hydrogen-bond acceptors (Lipinski definition) is 5. The van der Waals surface area contributed by atoms with Crippen LogP contribution in [-0.4, -0.2) is 28.1 Å². The van der Waals surface area contributed by atoms with Crippen LogP contribution in [-0.2, 0) is 4.79 Å². The van der Waals surface area contributed by atoms with Crippen LogP contribution in [0.1, 0.15) is 42.0 Å². The number of aromatic nitrogens is 2. The Kier molecular flexibility index (Phi) is 6.29. The molecule has 0 aliphatic carbocycles. The number of nitrogens with zero attached hydrogens (tertiary/aromatic N) is 1. The van der Waals surface area contributed by atoms with E-state index in [1.807, 2.05) is 37.3 Å². The molecular formula is C22H23N3O4. The fraction of sp³-hybridized carbons (Fsp3) is 0.227. The number of nitrogens with one attached hydrogen (secondary N) is 2. The van der Waals surface area contributed by atoms with Crippen LogP contribution >= 0.6 is 0 Å². The summed E-state index contributed by atoms with van der Waals surface area (Å²) in [6.45, 7) is 1.89.